The molecule has 0 heterocycles. The number of carboxylic acid groups (broad SMARTS) is 1. The van der Waals surface area contributed by atoms with Gasteiger partial charge in [-0.2, -0.15) is 0 Å². The summed E-state index contributed by atoms with van der Waals surface area (Å²) < 4.78 is 22.6. The third kappa shape index (κ3) is 54.0. The van der Waals surface area contributed by atoms with E-state index in [0.717, 1.165) is 83.5 Å². The molecule has 2 atom stereocenters. The number of hydrogen-bond donors (Lipinski definition) is 0. The number of hydrogen-bond acceptors (Lipinski definition) is 8. The van der Waals surface area contributed by atoms with Crippen LogP contribution in [0.3, 0.4) is 0 Å². The van der Waals surface area contributed by atoms with Crippen molar-refractivity contribution in [1.29, 1.82) is 0 Å². The van der Waals surface area contributed by atoms with E-state index in [4.69, 9.17) is 18.9 Å². The molecule has 0 fully saturated rings. The minimum absolute atomic E-state index is 0.135. The van der Waals surface area contributed by atoms with Crippen LogP contribution in [-0.4, -0.2) is 82.3 Å². The number of unbranched alkanes of at least 4 members (excludes halogenated alkanes) is 21. The zero-order valence-electron chi connectivity index (χ0n) is 46.8. The van der Waals surface area contributed by atoms with Gasteiger partial charge in [-0.25, -0.2) is 0 Å². The molecule has 0 aliphatic heterocycles. The molecule has 412 valence electrons. The van der Waals surface area contributed by atoms with Crippen LogP contribution in [0.5, 0.6) is 0 Å². The number of rotatable bonds is 52. The molecule has 0 amide bonds. The summed E-state index contributed by atoms with van der Waals surface area (Å²) in [5.41, 5.74) is 0. The Morgan fingerprint density at radius 2 is 0.792 bits per heavy atom. The number of carbonyl (C=O) groups excluding carboxylic acids is 3. The normalized spacial score (nSPS) is 13.5. The number of ether oxygens (including phenoxy) is 4. The molecule has 0 saturated heterocycles. The lowest BCUT2D eigenvalue weighted by Crippen LogP contribution is -2.44. The van der Waals surface area contributed by atoms with E-state index < -0.39 is 24.3 Å². The average Bonchev–Trinajstić information content (AvgIpc) is 3.35. The fourth-order valence-electron chi connectivity index (χ4n) is 7.67. The monoisotopic (exact) mass is 1010 g/mol. The number of nitrogens with zero attached hydrogens (tertiary/aromatic N) is 1. The fourth-order valence-corrected chi connectivity index (χ4v) is 7.67. The van der Waals surface area contributed by atoms with E-state index in [1.165, 1.54) is 109 Å². The van der Waals surface area contributed by atoms with Crippen LogP contribution in [0.1, 0.15) is 226 Å². The molecule has 72 heavy (non-hydrogen) atoms. The van der Waals surface area contributed by atoms with E-state index in [0.29, 0.717) is 17.4 Å². The molecule has 0 aliphatic rings. The van der Waals surface area contributed by atoms with Crippen molar-refractivity contribution in [3.63, 3.8) is 0 Å². The Hall–Kier alpha value is -3.79. The second-order valence-electron chi connectivity index (χ2n) is 20.2. The highest BCUT2D eigenvalue weighted by atomic mass is 16.7. The van der Waals surface area contributed by atoms with Gasteiger partial charge < -0.3 is 33.3 Å². The lowest BCUT2D eigenvalue weighted by Gasteiger charge is -2.26. The van der Waals surface area contributed by atoms with Crippen molar-refractivity contribution in [2.24, 2.45) is 0 Å². The second kappa shape index (κ2) is 53.5. The summed E-state index contributed by atoms with van der Waals surface area (Å²) in [6, 6.07) is 0. The topological polar surface area (TPSA) is 111 Å². The third-order valence-corrected chi connectivity index (χ3v) is 12.1. The Bertz CT molecular complexity index is 1500. The summed E-state index contributed by atoms with van der Waals surface area (Å²) in [6.07, 6.45) is 68.8. The molecule has 0 aromatic carbocycles. The summed E-state index contributed by atoms with van der Waals surface area (Å²) in [5.74, 6) is -2.35. The number of allylic oxidation sites excluding steroid dienone is 16. The molecule has 0 saturated carbocycles. The summed E-state index contributed by atoms with van der Waals surface area (Å²) >= 11 is 0. The Morgan fingerprint density at radius 3 is 1.18 bits per heavy atom. The van der Waals surface area contributed by atoms with Crippen LogP contribution in [0.2, 0.25) is 0 Å². The smallest absolute Gasteiger partial charge is 0.306 e. The molecular formula is C63H107NO8. The lowest BCUT2D eigenvalue weighted by atomic mass is 10.0. The highest BCUT2D eigenvalue weighted by Crippen LogP contribution is 2.16. The van der Waals surface area contributed by atoms with E-state index in [-0.39, 0.29) is 38.6 Å². The average molecular weight is 1010 g/mol. The van der Waals surface area contributed by atoms with Crippen LogP contribution < -0.4 is 5.11 Å². The predicted octanol–water partition coefficient (Wildman–Crippen LogP) is 15.6. The molecule has 0 bridgehead atoms. The number of carboxylic acids is 1. The van der Waals surface area contributed by atoms with Gasteiger partial charge in [0, 0.05) is 12.8 Å². The van der Waals surface area contributed by atoms with Gasteiger partial charge in [0.2, 0.25) is 0 Å². The minimum atomic E-state index is -1.64. The highest BCUT2D eigenvalue weighted by Gasteiger charge is 2.22. The van der Waals surface area contributed by atoms with Gasteiger partial charge in [-0.1, -0.05) is 233 Å². The van der Waals surface area contributed by atoms with Crippen LogP contribution >= 0.6 is 0 Å². The first-order valence-electron chi connectivity index (χ1n) is 28.9. The van der Waals surface area contributed by atoms with Crippen molar-refractivity contribution < 1.29 is 42.9 Å². The Balaban J connectivity index is 4.37. The van der Waals surface area contributed by atoms with Gasteiger partial charge in [0.1, 0.15) is 13.2 Å². The minimum Gasteiger partial charge on any atom is -0.545 e. The van der Waals surface area contributed by atoms with Crippen LogP contribution in [0.25, 0.3) is 0 Å². The van der Waals surface area contributed by atoms with Crippen molar-refractivity contribution >= 4 is 17.9 Å². The quantitative estimate of drug-likeness (QED) is 0.0195. The van der Waals surface area contributed by atoms with Crippen molar-refractivity contribution in [1.82, 2.24) is 0 Å². The Labute approximate surface area is 442 Å². The summed E-state index contributed by atoms with van der Waals surface area (Å²) in [5, 5.41) is 11.8. The predicted molar refractivity (Wildman–Crippen MR) is 301 cm³/mol. The number of aliphatic carboxylic acids is 1. The Morgan fingerprint density at radius 1 is 0.431 bits per heavy atom. The van der Waals surface area contributed by atoms with Gasteiger partial charge in [0.05, 0.1) is 40.3 Å². The summed E-state index contributed by atoms with van der Waals surface area (Å²) in [4.78, 5) is 37.3. The standard InChI is InChI=1S/C63H107NO8/c1-6-8-10-12-14-16-18-20-22-24-26-28-29-30-31-32-33-34-36-38-40-42-44-46-48-50-52-54-61(66)72-59(58-71-63(62(67)68)69-56-55-64(3,4)5)57-70-60(65)53-51-49-47-45-43-41-39-37-35-27-25-23-21-19-17-15-13-11-9-7-2/h8,10,14,16,20,22,26,28,30-31,33-34,38,40,44,46,59,63H,6-7,9,11-13,15,17-19,21,23-25,27,29,32,35-37,39,41-43,45,47-58H2,1-5H3/b10-8-,16-14-,22-20-,28-26-,31-30-,34-33-,40-38-,46-44-. The van der Waals surface area contributed by atoms with E-state index in [9.17, 15) is 19.5 Å². The van der Waals surface area contributed by atoms with Crippen molar-refractivity contribution in [3.8, 4) is 0 Å². The van der Waals surface area contributed by atoms with E-state index in [1.807, 2.05) is 21.1 Å². The van der Waals surface area contributed by atoms with Gasteiger partial charge in [-0.15, -0.1) is 0 Å². The maximum absolute atomic E-state index is 12.8. The first-order chi connectivity index (χ1) is 35.1. The van der Waals surface area contributed by atoms with Crippen LogP contribution in [0, 0.1) is 0 Å². The first-order valence-corrected chi connectivity index (χ1v) is 28.9. The molecule has 9 heteroatoms. The zero-order chi connectivity index (χ0) is 52.7. The SMILES string of the molecule is CC/C=C\C/C=C\C/C=C\C/C=C\C/C=C\C/C=C\C/C=C\C/C=C\CCCCC(=O)OC(COC(=O)CCCCCCCCCCCCCCCCCCCCCC)COC(OCC[N+](C)(C)C)C(=O)[O-]. The van der Waals surface area contributed by atoms with E-state index in [2.05, 4.69) is 111 Å². The molecule has 9 nitrogen and oxygen atoms in total. The third-order valence-electron chi connectivity index (χ3n) is 12.1. The lowest BCUT2D eigenvalue weighted by molar-refractivity contribution is -0.870. The molecule has 0 aromatic heterocycles. The maximum Gasteiger partial charge on any atom is 0.306 e. The summed E-state index contributed by atoms with van der Waals surface area (Å²) in [6.45, 7) is 4.59. The maximum atomic E-state index is 12.8. The molecule has 2 unspecified atom stereocenters. The van der Waals surface area contributed by atoms with Crippen molar-refractivity contribution in [2.45, 2.75) is 238 Å². The molecular weight excluding hydrogens is 899 g/mol. The number of likely N-dealkylation sites (N-methyl/N-ethyl adjacent to an activating group) is 1. The molecule has 0 aliphatic carbocycles. The summed E-state index contributed by atoms with van der Waals surface area (Å²) in [7, 11) is 5.90. The van der Waals surface area contributed by atoms with E-state index >= 15 is 0 Å². The van der Waals surface area contributed by atoms with Crippen LogP contribution in [0.15, 0.2) is 97.2 Å². The van der Waals surface area contributed by atoms with Gasteiger partial charge >= 0.3 is 11.9 Å². The molecule has 0 rings (SSSR count). The Kier molecular flexibility index (Phi) is 50.7. The number of esters is 2. The number of quaternary nitrogens is 1. The van der Waals surface area contributed by atoms with Gasteiger partial charge in [-0.05, 0) is 77.0 Å². The number of carbonyl (C=O) groups is 3. The van der Waals surface area contributed by atoms with Gasteiger partial charge in [0.15, 0.2) is 12.4 Å². The molecule has 0 aromatic rings. The van der Waals surface area contributed by atoms with Crippen LogP contribution in [-0.2, 0) is 33.3 Å². The highest BCUT2D eigenvalue weighted by molar-refractivity contribution is 5.70. The molecule has 0 N–H and O–H groups in total. The van der Waals surface area contributed by atoms with Crippen molar-refractivity contribution in [3.05, 3.63) is 97.2 Å². The second-order valence-corrected chi connectivity index (χ2v) is 20.2. The first kappa shape index (κ1) is 68.2. The van der Waals surface area contributed by atoms with Crippen molar-refractivity contribution in [2.75, 3.05) is 47.5 Å². The fraction of sp³-hybridized carbons (Fsp3) is 0.698. The van der Waals surface area contributed by atoms with Gasteiger partial charge in [0.25, 0.3) is 0 Å². The zero-order valence-corrected chi connectivity index (χ0v) is 46.8. The molecule has 0 radical (unpaired) electrons. The van der Waals surface area contributed by atoms with Crippen LogP contribution in [0.4, 0.5) is 0 Å². The molecule has 0 spiro atoms. The van der Waals surface area contributed by atoms with E-state index in [1.54, 1.807) is 0 Å². The largest absolute Gasteiger partial charge is 0.545 e. The van der Waals surface area contributed by atoms with Gasteiger partial charge in [-0.3, -0.25) is 9.59 Å².